The minimum atomic E-state index is -3.67. The second-order valence-electron chi connectivity index (χ2n) is 6.79. The maximum atomic E-state index is 13.1. The lowest BCUT2D eigenvalue weighted by Gasteiger charge is -2.18. The Bertz CT molecular complexity index is 1040. The van der Waals surface area contributed by atoms with Gasteiger partial charge in [0.15, 0.2) is 5.03 Å². The van der Waals surface area contributed by atoms with Crippen molar-refractivity contribution in [1.82, 2.24) is 9.71 Å². The first kappa shape index (κ1) is 19.0. The molecule has 5 nitrogen and oxygen atoms in total. The second kappa shape index (κ2) is 7.98. The van der Waals surface area contributed by atoms with E-state index in [-0.39, 0.29) is 16.8 Å². The smallest absolute Gasteiger partial charge is 0.258 e. The van der Waals surface area contributed by atoms with Crippen LogP contribution in [0, 0.1) is 11.7 Å². The summed E-state index contributed by atoms with van der Waals surface area (Å²) in [5.74, 6) is -0.0823. The normalized spacial score (nSPS) is 17.2. The highest BCUT2D eigenvalue weighted by molar-refractivity contribution is 7.89. The third-order valence-corrected chi connectivity index (χ3v) is 7.17. The third kappa shape index (κ3) is 4.24. The zero-order valence-corrected chi connectivity index (χ0v) is 16.7. The summed E-state index contributed by atoms with van der Waals surface area (Å²) in [5.41, 5.74) is 1.86. The Kier molecular flexibility index (Phi) is 5.43. The van der Waals surface area contributed by atoms with E-state index in [1.165, 1.54) is 28.8 Å². The van der Waals surface area contributed by atoms with Gasteiger partial charge in [-0.1, -0.05) is 18.2 Å². The van der Waals surface area contributed by atoms with Crippen LogP contribution in [0.1, 0.15) is 6.42 Å². The Morgan fingerprint density at radius 3 is 2.64 bits per heavy atom. The molecule has 1 atom stereocenters. The molecule has 8 heteroatoms. The summed E-state index contributed by atoms with van der Waals surface area (Å²) in [6.07, 6.45) is 0.940. The Balaban J connectivity index is 1.38. The van der Waals surface area contributed by atoms with Crippen LogP contribution in [0.3, 0.4) is 0 Å². The highest BCUT2D eigenvalue weighted by Crippen LogP contribution is 2.26. The summed E-state index contributed by atoms with van der Waals surface area (Å²) in [7, 11) is -3.67. The Morgan fingerprint density at radius 2 is 1.89 bits per heavy atom. The van der Waals surface area contributed by atoms with E-state index in [1.54, 1.807) is 12.1 Å². The van der Waals surface area contributed by atoms with E-state index in [2.05, 4.69) is 26.7 Å². The van der Waals surface area contributed by atoms with Crippen molar-refractivity contribution in [3.8, 4) is 10.6 Å². The van der Waals surface area contributed by atoms with E-state index < -0.39 is 10.0 Å². The Labute approximate surface area is 167 Å². The average Bonchev–Trinajstić information content (AvgIpc) is 3.38. The van der Waals surface area contributed by atoms with Crippen molar-refractivity contribution in [2.75, 3.05) is 24.5 Å². The molecule has 2 aromatic carbocycles. The van der Waals surface area contributed by atoms with Crippen LogP contribution in [0.2, 0.25) is 0 Å². The fourth-order valence-corrected chi connectivity index (χ4v) is 5.49. The van der Waals surface area contributed by atoms with Gasteiger partial charge in [0, 0.05) is 36.3 Å². The summed E-state index contributed by atoms with van der Waals surface area (Å²) >= 11 is 1.23. The molecule has 0 spiro atoms. The molecule has 146 valence electrons. The van der Waals surface area contributed by atoms with Crippen LogP contribution in [0.15, 0.2) is 65.0 Å². The summed E-state index contributed by atoms with van der Waals surface area (Å²) < 4.78 is 40.9. The van der Waals surface area contributed by atoms with Gasteiger partial charge in [-0.05, 0) is 48.7 Å². The van der Waals surface area contributed by atoms with E-state index in [9.17, 15) is 12.8 Å². The fourth-order valence-electron chi connectivity index (χ4n) is 3.28. The van der Waals surface area contributed by atoms with Gasteiger partial charge in [0.05, 0.1) is 0 Å². The summed E-state index contributed by atoms with van der Waals surface area (Å²) in [4.78, 5) is 6.50. The summed E-state index contributed by atoms with van der Waals surface area (Å²) in [6, 6.07) is 16.0. The lowest BCUT2D eigenvalue weighted by Crippen LogP contribution is -2.31. The SMILES string of the molecule is O=S(=O)(NC[C@H]1CCN(c2ccccc2)C1)c1csc(-c2ccc(F)cc2)n1. The molecule has 0 saturated carbocycles. The average molecular weight is 418 g/mol. The number of hydrogen-bond acceptors (Lipinski definition) is 5. The van der Waals surface area contributed by atoms with E-state index in [1.807, 2.05) is 18.2 Å². The van der Waals surface area contributed by atoms with Crippen LogP contribution in [-0.2, 0) is 10.0 Å². The lowest BCUT2D eigenvalue weighted by molar-refractivity contribution is 0.540. The molecule has 1 fully saturated rings. The van der Waals surface area contributed by atoms with Gasteiger partial charge in [0.1, 0.15) is 10.8 Å². The first-order valence-corrected chi connectivity index (χ1v) is 11.4. The monoisotopic (exact) mass is 417 g/mol. The van der Waals surface area contributed by atoms with Crippen molar-refractivity contribution >= 4 is 27.0 Å². The number of hydrogen-bond donors (Lipinski definition) is 1. The minimum absolute atomic E-state index is 0.00902. The number of halogens is 1. The maximum Gasteiger partial charge on any atom is 0.258 e. The highest BCUT2D eigenvalue weighted by atomic mass is 32.2. The van der Waals surface area contributed by atoms with Gasteiger partial charge in [0.2, 0.25) is 0 Å². The molecule has 0 unspecified atom stereocenters. The van der Waals surface area contributed by atoms with Crippen LogP contribution >= 0.6 is 11.3 Å². The molecule has 4 rings (SSSR count). The standard InChI is InChI=1S/C20H20FN3O2S2/c21-17-8-6-16(7-9-17)20-23-19(14-27-20)28(25,26)22-12-15-10-11-24(13-15)18-4-2-1-3-5-18/h1-9,14-15,22H,10-13H2/t15-/m1/s1. The van der Waals surface area contributed by atoms with Gasteiger partial charge in [0.25, 0.3) is 10.0 Å². The van der Waals surface area contributed by atoms with Gasteiger partial charge in [-0.15, -0.1) is 11.3 Å². The number of sulfonamides is 1. The van der Waals surface area contributed by atoms with Crippen molar-refractivity contribution < 1.29 is 12.8 Å². The van der Waals surface area contributed by atoms with Crippen LogP contribution in [0.25, 0.3) is 10.6 Å². The van der Waals surface area contributed by atoms with Crippen LogP contribution in [-0.4, -0.2) is 33.0 Å². The van der Waals surface area contributed by atoms with Crippen molar-refractivity contribution in [2.45, 2.75) is 11.4 Å². The molecule has 1 N–H and O–H groups in total. The number of aromatic nitrogens is 1. The molecule has 1 saturated heterocycles. The molecule has 1 aliphatic heterocycles. The molecule has 0 amide bonds. The number of benzene rings is 2. The first-order valence-electron chi connectivity index (χ1n) is 9.02. The van der Waals surface area contributed by atoms with Gasteiger partial charge < -0.3 is 4.90 Å². The Morgan fingerprint density at radius 1 is 1.14 bits per heavy atom. The molecule has 0 radical (unpaired) electrons. The minimum Gasteiger partial charge on any atom is -0.371 e. The molecular weight excluding hydrogens is 397 g/mol. The van der Waals surface area contributed by atoms with Gasteiger partial charge in [-0.25, -0.2) is 22.5 Å². The molecule has 0 aliphatic carbocycles. The first-order chi connectivity index (χ1) is 13.5. The number of nitrogens with zero attached hydrogens (tertiary/aromatic N) is 2. The number of rotatable bonds is 6. The van der Waals surface area contributed by atoms with E-state index in [4.69, 9.17) is 0 Å². The van der Waals surface area contributed by atoms with Crippen LogP contribution in [0.4, 0.5) is 10.1 Å². The molecule has 1 aromatic heterocycles. The highest BCUT2D eigenvalue weighted by Gasteiger charge is 2.25. The number of nitrogens with one attached hydrogen (secondary N) is 1. The van der Waals surface area contributed by atoms with Crippen LogP contribution < -0.4 is 9.62 Å². The number of anilines is 1. The van der Waals surface area contributed by atoms with E-state index in [0.29, 0.717) is 17.1 Å². The van der Waals surface area contributed by atoms with Crippen molar-refractivity contribution in [3.05, 3.63) is 65.8 Å². The molecule has 1 aliphatic rings. The summed E-state index contributed by atoms with van der Waals surface area (Å²) in [5, 5.41) is 2.08. The second-order valence-corrected chi connectivity index (χ2v) is 9.36. The Hall–Kier alpha value is -2.29. The van der Waals surface area contributed by atoms with Crippen molar-refractivity contribution in [2.24, 2.45) is 5.92 Å². The number of para-hydroxylation sites is 1. The molecule has 3 aromatic rings. The predicted octanol–water partition coefficient (Wildman–Crippen LogP) is 3.75. The van der Waals surface area contributed by atoms with E-state index >= 15 is 0 Å². The van der Waals surface area contributed by atoms with Crippen molar-refractivity contribution in [3.63, 3.8) is 0 Å². The zero-order valence-electron chi connectivity index (χ0n) is 15.1. The number of thiazole rings is 1. The zero-order chi connectivity index (χ0) is 19.6. The van der Waals surface area contributed by atoms with Crippen molar-refractivity contribution in [1.29, 1.82) is 0 Å². The molecular formula is C20H20FN3O2S2. The van der Waals surface area contributed by atoms with E-state index in [0.717, 1.165) is 25.2 Å². The molecule has 2 heterocycles. The largest absolute Gasteiger partial charge is 0.371 e. The quantitative estimate of drug-likeness (QED) is 0.664. The molecule has 28 heavy (non-hydrogen) atoms. The third-order valence-electron chi connectivity index (χ3n) is 4.82. The maximum absolute atomic E-state index is 13.1. The lowest BCUT2D eigenvalue weighted by atomic mass is 10.1. The predicted molar refractivity (Wildman–Crippen MR) is 109 cm³/mol. The van der Waals surface area contributed by atoms with Gasteiger partial charge in [-0.2, -0.15) is 0 Å². The topological polar surface area (TPSA) is 62.3 Å². The van der Waals surface area contributed by atoms with Gasteiger partial charge >= 0.3 is 0 Å². The van der Waals surface area contributed by atoms with Crippen LogP contribution in [0.5, 0.6) is 0 Å². The van der Waals surface area contributed by atoms with Gasteiger partial charge in [-0.3, -0.25) is 0 Å². The fraction of sp³-hybridized carbons (Fsp3) is 0.250. The molecule has 0 bridgehead atoms. The summed E-state index contributed by atoms with van der Waals surface area (Å²) in [6.45, 7) is 2.13.